The van der Waals surface area contributed by atoms with Gasteiger partial charge in [0, 0.05) is 6.04 Å². The van der Waals surface area contributed by atoms with Crippen LogP contribution in [0.2, 0.25) is 0 Å². The average Bonchev–Trinajstić information content (AvgIpc) is 2.36. The molecule has 0 aromatic carbocycles. The number of alkyl carbamates (subject to hydrolysis) is 1. The number of nitrogens with one attached hydrogen (secondary N) is 2. The molecule has 0 aliphatic heterocycles. The zero-order valence-corrected chi connectivity index (χ0v) is 14.9. The van der Waals surface area contributed by atoms with Crippen LogP contribution in [0.4, 0.5) is 4.79 Å². The fourth-order valence-corrected chi connectivity index (χ4v) is 2.77. The molecule has 5 nitrogen and oxygen atoms in total. The Labute approximate surface area is 134 Å². The van der Waals surface area contributed by atoms with E-state index in [1.54, 1.807) is 20.8 Å². The molecule has 0 saturated heterocycles. The number of ether oxygens (including phenoxy) is 1. The van der Waals surface area contributed by atoms with Gasteiger partial charge in [0.15, 0.2) is 0 Å². The predicted octanol–water partition coefficient (Wildman–Crippen LogP) is 3.23. The van der Waals surface area contributed by atoms with Crippen molar-refractivity contribution < 1.29 is 14.3 Å². The number of amides is 2. The summed E-state index contributed by atoms with van der Waals surface area (Å²) in [5.74, 6) is 0.387. The van der Waals surface area contributed by atoms with Gasteiger partial charge in [0.05, 0.1) is 0 Å². The van der Waals surface area contributed by atoms with E-state index < -0.39 is 17.7 Å². The Morgan fingerprint density at radius 1 is 1.14 bits per heavy atom. The lowest BCUT2D eigenvalue weighted by atomic mass is 9.85. The SMILES string of the molecule is CC(C)C(NC(=O)OC(C)(C)C)C(=O)NC1CCCCC1C. The first-order valence-corrected chi connectivity index (χ1v) is 8.40. The molecule has 0 aromatic heterocycles. The van der Waals surface area contributed by atoms with Gasteiger partial charge < -0.3 is 15.4 Å². The van der Waals surface area contributed by atoms with Crippen molar-refractivity contribution in [3.63, 3.8) is 0 Å². The highest BCUT2D eigenvalue weighted by molar-refractivity contribution is 5.86. The number of carbonyl (C=O) groups excluding carboxylic acids is 2. The van der Waals surface area contributed by atoms with Crippen LogP contribution in [0.25, 0.3) is 0 Å². The first-order valence-electron chi connectivity index (χ1n) is 8.40. The van der Waals surface area contributed by atoms with Crippen LogP contribution in [0, 0.1) is 11.8 Å². The van der Waals surface area contributed by atoms with Crippen molar-refractivity contribution in [1.29, 1.82) is 0 Å². The Hall–Kier alpha value is -1.26. The van der Waals surface area contributed by atoms with Crippen molar-refractivity contribution in [2.24, 2.45) is 11.8 Å². The Morgan fingerprint density at radius 3 is 2.23 bits per heavy atom. The molecule has 1 aliphatic rings. The Balaban J connectivity index is 2.61. The van der Waals surface area contributed by atoms with E-state index in [9.17, 15) is 9.59 Å². The second kappa shape index (κ2) is 7.84. The largest absolute Gasteiger partial charge is 0.444 e. The van der Waals surface area contributed by atoms with Crippen LogP contribution in [0.1, 0.15) is 67.2 Å². The molecule has 3 atom stereocenters. The maximum atomic E-state index is 12.5. The smallest absolute Gasteiger partial charge is 0.408 e. The summed E-state index contributed by atoms with van der Waals surface area (Å²) in [6, 6.07) is -0.355. The molecule has 2 amide bonds. The first-order chi connectivity index (χ1) is 10.1. The number of rotatable bonds is 4. The van der Waals surface area contributed by atoms with Gasteiger partial charge in [-0.05, 0) is 45.4 Å². The van der Waals surface area contributed by atoms with E-state index in [0.717, 1.165) is 19.3 Å². The maximum Gasteiger partial charge on any atom is 0.408 e. The van der Waals surface area contributed by atoms with Crippen LogP contribution >= 0.6 is 0 Å². The van der Waals surface area contributed by atoms with Crippen molar-refractivity contribution in [1.82, 2.24) is 10.6 Å². The van der Waals surface area contributed by atoms with Gasteiger partial charge in [0.1, 0.15) is 11.6 Å². The maximum absolute atomic E-state index is 12.5. The van der Waals surface area contributed by atoms with E-state index in [2.05, 4.69) is 17.6 Å². The van der Waals surface area contributed by atoms with Crippen molar-refractivity contribution in [2.75, 3.05) is 0 Å². The summed E-state index contributed by atoms with van der Waals surface area (Å²) in [5, 5.41) is 5.81. The van der Waals surface area contributed by atoms with Crippen LogP contribution in [0.5, 0.6) is 0 Å². The lowest BCUT2D eigenvalue weighted by Crippen LogP contribution is -2.54. The van der Waals surface area contributed by atoms with Gasteiger partial charge in [-0.3, -0.25) is 4.79 Å². The molecule has 2 N–H and O–H groups in total. The van der Waals surface area contributed by atoms with Gasteiger partial charge in [-0.1, -0.05) is 33.6 Å². The molecule has 1 aliphatic carbocycles. The fourth-order valence-electron chi connectivity index (χ4n) is 2.77. The van der Waals surface area contributed by atoms with Gasteiger partial charge >= 0.3 is 6.09 Å². The molecular formula is C17H32N2O3. The van der Waals surface area contributed by atoms with Crippen LogP contribution in [-0.2, 0) is 9.53 Å². The number of carbonyl (C=O) groups is 2. The third-order valence-electron chi connectivity index (χ3n) is 4.06. The standard InChI is InChI=1S/C17H32N2O3/c1-11(2)14(19-16(21)22-17(4,5)6)15(20)18-13-10-8-7-9-12(13)3/h11-14H,7-10H2,1-6H3,(H,18,20)(H,19,21). The van der Waals surface area contributed by atoms with E-state index in [-0.39, 0.29) is 17.9 Å². The van der Waals surface area contributed by atoms with Crippen LogP contribution in [0.3, 0.4) is 0 Å². The summed E-state index contributed by atoms with van der Waals surface area (Å²) in [6.45, 7) is 11.4. The lowest BCUT2D eigenvalue weighted by Gasteiger charge is -2.32. The van der Waals surface area contributed by atoms with E-state index in [1.165, 1.54) is 6.42 Å². The van der Waals surface area contributed by atoms with Crippen LogP contribution in [0.15, 0.2) is 0 Å². The monoisotopic (exact) mass is 312 g/mol. The molecule has 0 bridgehead atoms. The van der Waals surface area contributed by atoms with E-state index >= 15 is 0 Å². The molecule has 0 radical (unpaired) electrons. The quantitative estimate of drug-likeness (QED) is 0.837. The van der Waals surface area contributed by atoms with E-state index in [1.807, 2.05) is 13.8 Å². The van der Waals surface area contributed by atoms with Gasteiger partial charge in [-0.25, -0.2) is 4.79 Å². The predicted molar refractivity (Wildman–Crippen MR) is 87.6 cm³/mol. The molecular weight excluding hydrogens is 280 g/mol. The highest BCUT2D eigenvalue weighted by Gasteiger charge is 2.30. The first kappa shape index (κ1) is 18.8. The third kappa shape index (κ3) is 6.24. The molecule has 22 heavy (non-hydrogen) atoms. The third-order valence-corrected chi connectivity index (χ3v) is 4.06. The van der Waals surface area contributed by atoms with E-state index in [0.29, 0.717) is 5.92 Å². The summed E-state index contributed by atoms with van der Waals surface area (Å²) in [7, 11) is 0. The number of hydrogen-bond acceptors (Lipinski definition) is 3. The van der Waals surface area contributed by atoms with Crippen LogP contribution in [-0.4, -0.2) is 29.7 Å². The minimum atomic E-state index is -0.569. The molecule has 1 saturated carbocycles. The topological polar surface area (TPSA) is 67.4 Å². The zero-order chi connectivity index (χ0) is 16.9. The Morgan fingerprint density at radius 2 is 1.73 bits per heavy atom. The van der Waals surface area contributed by atoms with Crippen LogP contribution < -0.4 is 10.6 Å². The average molecular weight is 312 g/mol. The van der Waals surface area contributed by atoms with Crippen molar-refractivity contribution in [2.45, 2.75) is 84.9 Å². The minimum absolute atomic E-state index is 0.00594. The van der Waals surface area contributed by atoms with Crippen molar-refractivity contribution >= 4 is 12.0 Å². The molecule has 0 heterocycles. The summed E-state index contributed by atoms with van der Waals surface area (Å²) in [4.78, 5) is 24.4. The molecule has 0 spiro atoms. The molecule has 5 heteroatoms. The molecule has 1 fully saturated rings. The summed E-state index contributed by atoms with van der Waals surface area (Å²) < 4.78 is 5.25. The van der Waals surface area contributed by atoms with E-state index in [4.69, 9.17) is 4.74 Å². The van der Waals surface area contributed by atoms with Crippen molar-refractivity contribution in [3.8, 4) is 0 Å². The van der Waals surface area contributed by atoms with Gasteiger partial charge in [-0.2, -0.15) is 0 Å². The summed E-state index contributed by atoms with van der Waals surface area (Å²) in [6.07, 6.45) is 4.01. The Bertz CT molecular complexity index is 388. The van der Waals surface area contributed by atoms with Crippen molar-refractivity contribution in [3.05, 3.63) is 0 Å². The number of hydrogen-bond donors (Lipinski definition) is 2. The normalized spacial score (nSPS) is 23.8. The lowest BCUT2D eigenvalue weighted by molar-refractivity contribution is -0.125. The fraction of sp³-hybridized carbons (Fsp3) is 0.882. The van der Waals surface area contributed by atoms with Gasteiger partial charge in [0.2, 0.25) is 5.91 Å². The molecule has 1 rings (SSSR count). The second-order valence-electron chi connectivity index (χ2n) is 7.74. The minimum Gasteiger partial charge on any atom is -0.444 e. The highest BCUT2D eigenvalue weighted by Crippen LogP contribution is 2.24. The molecule has 3 unspecified atom stereocenters. The van der Waals surface area contributed by atoms with Gasteiger partial charge in [-0.15, -0.1) is 0 Å². The van der Waals surface area contributed by atoms with Gasteiger partial charge in [0.25, 0.3) is 0 Å². The summed E-state index contributed by atoms with van der Waals surface area (Å²) >= 11 is 0. The molecule has 0 aromatic rings. The zero-order valence-electron chi connectivity index (χ0n) is 14.9. The summed E-state index contributed by atoms with van der Waals surface area (Å²) in [5.41, 5.74) is -0.569. The Kier molecular flexibility index (Phi) is 6.69. The molecule has 128 valence electrons. The highest BCUT2D eigenvalue weighted by atomic mass is 16.6. The second-order valence-corrected chi connectivity index (χ2v) is 7.74.